The van der Waals surface area contributed by atoms with Crippen LogP contribution < -0.4 is 5.32 Å². The number of hydrogen-bond donors (Lipinski definition) is 2. The fourth-order valence-corrected chi connectivity index (χ4v) is 2.13. The minimum absolute atomic E-state index is 0.0285. The molecule has 8 nitrogen and oxygen atoms in total. The molecule has 21 heavy (non-hydrogen) atoms. The summed E-state index contributed by atoms with van der Waals surface area (Å²) in [4.78, 5) is 31.5. The lowest BCUT2D eigenvalue weighted by Crippen LogP contribution is -2.51. The van der Waals surface area contributed by atoms with Crippen LogP contribution in [0.5, 0.6) is 0 Å². The highest BCUT2D eigenvalue weighted by molar-refractivity contribution is 5.90. The van der Waals surface area contributed by atoms with Crippen LogP contribution in [0, 0.1) is 6.92 Å². The lowest BCUT2D eigenvalue weighted by molar-refractivity contribution is -0.122. The summed E-state index contributed by atoms with van der Waals surface area (Å²) in [6, 6.07) is 0. The zero-order valence-electron chi connectivity index (χ0n) is 12.1. The Balaban J connectivity index is 1.79. The molecule has 0 spiro atoms. The van der Waals surface area contributed by atoms with E-state index in [1.54, 1.807) is 17.9 Å². The highest BCUT2D eigenvalue weighted by Crippen LogP contribution is 2.05. The van der Waals surface area contributed by atoms with Crippen molar-refractivity contribution in [2.24, 2.45) is 0 Å². The maximum absolute atomic E-state index is 12.2. The molecule has 0 aromatic carbocycles. The molecule has 2 heterocycles. The van der Waals surface area contributed by atoms with E-state index in [9.17, 15) is 9.59 Å². The van der Waals surface area contributed by atoms with E-state index in [1.807, 2.05) is 4.90 Å². The van der Waals surface area contributed by atoms with Gasteiger partial charge >= 0.3 is 0 Å². The van der Waals surface area contributed by atoms with Gasteiger partial charge in [-0.15, -0.1) is 11.7 Å². The first-order chi connectivity index (χ1) is 10.1. The molecule has 114 valence electrons. The number of hydrogen-bond acceptors (Lipinski definition) is 5. The van der Waals surface area contributed by atoms with Crippen LogP contribution in [-0.4, -0.2) is 76.1 Å². The molecule has 0 radical (unpaired) electrons. The van der Waals surface area contributed by atoms with Gasteiger partial charge in [0, 0.05) is 32.7 Å². The van der Waals surface area contributed by atoms with Crippen LogP contribution in [0.15, 0.2) is 12.7 Å². The van der Waals surface area contributed by atoms with Crippen molar-refractivity contribution in [2.45, 2.75) is 6.92 Å². The van der Waals surface area contributed by atoms with E-state index in [1.165, 1.54) is 0 Å². The largest absolute Gasteiger partial charge is 0.352 e. The molecule has 1 aromatic rings. The van der Waals surface area contributed by atoms with E-state index in [-0.39, 0.29) is 17.6 Å². The Hall–Kier alpha value is -2.22. The maximum atomic E-state index is 12.2. The topological polar surface area (TPSA) is 94.2 Å². The highest BCUT2D eigenvalue weighted by Gasteiger charge is 2.25. The van der Waals surface area contributed by atoms with Gasteiger partial charge in [0.05, 0.1) is 6.54 Å². The molecule has 2 amide bonds. The second kappa shape index (κ2) is 6.98. The monoisotopic (exact) mass is 292 g/mol. The molecule has 2 N–H and O–H groups in total. The number of nitrogens with zero attached hydrogens (tertiary/aromatic N) is 4. The van der Waals surface area contributed by atoms with Crippen molar-refractivity contribution in [1.82, 2.24) is 30.3 Å². The Kier molecular flexibility index (Phi) is 5.04. The highest BCUT2D eigenvalue weighted by atomic mass is 16.2. The van der Waals surface area contributed by atoms with E-state index in [2.05, 4.69) is 27.1 Å². The second-order valence-corrected chi connectivity index (χ2v) is 4.91. The van der Waals surface area contributed by atoms with Gasteiger partial charge in [-0.25, -0.2) is 4.98 Å². The summed E-state index contributed by atoms with van der Waals surface area (Å²) < 4.78 is 0. The SMILES string of the molecule is C=CCNC(=O)CN1CCN(C(=O)c2n[nH]c(C)n2)CC1. The number of aromatic nitrogens is 3. The summed E-state index contributed by atoms with van der Waals surface area (Å²) >= 11 is 0. The number of aromatic amines is 1. The summed E-state index contributed by atoms with van der Waals surface area (Å²) in [5.74, 6) is 0.620. The van der Waals surface area contributed by atoms with Crippen molar-refractivity contribution in [3.05, 3.63) is 24.3 Å². The molecule has 1 aliphatic heterocycles. The molecule has 0 aliphatic carbocycles. The van der Waals surface area contributed by atoms with Crippen molar-refractivity contribution in [3.8, 4) is 0 Å². The molecule has 0 bridgehead atoms. The third-order valence-electron chi connectivity index (χ3n) is 3.26. The minimum atomic E-state index is -0.171. The van der Waals surface area contributed by atoms with Crippen LogP contribution in [0.1, 0.15) is 16.4 Å². The van der Waals surface area contributed by atoms with Crippen LogP contribution in [0.25, 0.3) is 0 Å². The van der Waals surface area contributed by atoms with Gasteiger partial charge in [0.1, 0.15) is 5.82 Å². The van der Waals surface area contributed by atoms with Gasteiger partial charge < -0.3 is 10.2 Å². The van der Waals surface area contributed by atoms with E-state index in [4.69, 9.17) is 0 Å². The summed E-state index contributed by atoms with van der Waals surface area (Å²) in [5.41, 5.74) is 0. The predicted molar refractivity (Wildman–Crippen MR) is 76.7 cm³/mol. The number of piperazine rings is 1. The third-order valence-corrected chi connectivity index (χ3v) is 3.26. The van der Waals surface area contributed by atoms with E-state index < -0.39 is 0 Å². The first-order valence-electron chi connectivity index (χ1n) is 6.88. The normalized spacial score (nSPS) is 15.8. The quantitative estimate of drug-likeness (QED) is 0.691. The number of amides is 2. The molecule has 0 unspecified atom stereocenters. The average molecular weight is 292 g/mol. The lowest BCUT2D eigenvalue weighted by atomic mass is 10.3. The maximum Gasteiger partial charge on any atom is 0.293 e. The number of rotatable bonds is 5. The molecule has 8 heteroatoms. The molecule has 0 saturated carbocycles. The standard InChI is InChI=1S/C13H20N6O2/c1-3-4-14-11(20)9-18-5-7-19(8-6-18)13(21)12-15-10(2)16-17-12/h3H,1,4-9H2,2H3,(H,14,20)(H,15,16,17). The molecule has 1 aromatic heterocycles. The van der Waals surface area contributed by atoms with E-state index in [0.717, 1.165) is 0 Å². The van der Waals surface area contributed by atoms with Gasteiger partial charge in [0.2, 0.25) is 11.7 Å². The number of carbonyl (C=O) groups excluding carboxylic acids is 2. The predicted octanol–water partition coefficient (Wildman–Crippen LogP) is -0.827. The molecule has 1 saturated heterocycles. The van der Waals surface area contributed by atoms with E-state index >= 15 is 0 Å². The van der Waals surface area contributed by atoms with Crippen LogP contribution in [0.4, 0.5) is 0 Å². The van der Waals surface area contributed by atoms with Crippen molar-refractivity contribution >= 4 is 11.8 Å². The number of carbonyl (C=O) groups is 2. The third kappa shape index (κ3) is 4.12. The first kappa shape index (κ1) is 15.2. The average Bonchev–Trinajstić information content (AvgIpc) is 2.92. The van der Waals surface area contributed by atoms with Gasteiger partial charge in [-0.3, -0.25) is 19.6 Å². The van der Waals surface area contributed by atoms with Crippen LogP contribution >= 0.6 is 0 Å². The molecular formula is C13H20N6O2. The van der Waals surface area contributed by atoms with E-state index in [0.29, 0.717) is 45.1 Å². The Morgan fingerprint density at radius 1 is 1.38 bits per heavy atom. The molecule has 1 aliphatic rings. The summed E-state index contributed by atoms with van der Waals surface area (Å²) in [6.45, 7) is 8.59. The summed E-state index contributed by atoms with van der Waals surface area (Å²) in [5, 5.41) is 9.28. The Morgan fingerprint density at radius 3 is 2.67 bits per heavy atom. The van der Waals surface area contributed by atoms with Crippen molar-refractivity contribution < 1.29 is 9.59 Å². The minimum Gasteiger partial charge on any atom is -0.352 e. The fourth-order valence-electron chi connectivity index (χ4n) is 2.13. The van der Waals surface area contributed by atoms with Crippen molar-refractivity contribution in [3.63, 3.8) is 0 Å². The molecule has 0 atom stereocenters. The zero-order valence-corrected chi connectivity index (χ0v) is 12.1. The van der Waals surface area contributed by atoms with Gasteiger partial charge in [-0.2, -0.15) is 0 Å². The van der Waals surface area contributed by atoms with Crippen molar-refractivity contribution in [1.29, 1.82) is 0 Å². The first-order valence-corrected chi connectivity index (χ1v) is 6.88. The van der Waals surface area contributed by atoms with Crippen LogP contribution in [0.2, 0.25) is 0 Å². The fraction of sp³-hybridized carbons (Fsp3) is 0.538. The van der Waals surface area contributed by atoms with Crippen LogP contribution in [-0.2, 0) is 4.79 Å². The molecule has 2 rings (SSSR count). The zero-order chi connectivity index (χ0) is 15.2. The smallest absolute Gasteiger partial charge is 0.293 e. The van der Waals surface area contributed by atoms with Gasteiger partial charge in [-0.05, 0) is 6.92 Å². The number of nitrogens with one attached hydrogen (secondary N) is 2. The van der Waals surface area contributed by atoms with Gasteiger partial charge in [0.25, 0.3) is 5.91 Å². The lowest BCUT2D eigenvalue weighted by Gasteiger charge is -2.33. The van der Waals surface area contributed by atoms with Crippen LogP contribution in [0.3, 0.4) is 0 Å². The number of H-pyrrole nitrogens is 1. The Morgan fingerprint density at radius 2 is 2.10 bits per heavy atom. The number of aryl methyl sites for hydroxylation is 1. The Bertz CT molecular complexity index is 518. The van der Waals surface area contributed by atoms with Gasteiger partial charge in [-0.1, -0.05) is 6.08 Å². The second-order valence-electron chi connectivity index (χ2n) is 4.91. The molecule has 1 fully saturated rings. The van der Waals surface area contributed by atoms with Gasteiger partial charge in [0.15, 0.2) is 0 Å². The summed E-state index contributed by atoms with van der Waals surface area (Å²) in [6.07, 6.45) is 1.65. The summed E-state index contributed by atoms with van der Waals surface area (Å²) in [7, 11) is 0. The molecular weight excluding hydrogens is 272 g/mol. The Labute approximate surface area is 123 Å². The van der Waals surface area contributed by atoms with Crippen molar-refractivity contribution in [2.75, 3.05) is 39.3 Å².